The standard InChI is InChI=1S/C24H27N3O2S/c1-4-23-26-16(3)21(30-23)14-27(22-12-11-15(2)13-25-22)24(29)19-9-5-8-18-17(19)7-6-10-20(18)28/h6-7,10-13,19,28H,4-5,8-9,14H2,1-3H3. The zero-order valence-electron chi connectivity index (χ0n) is 17.7. The van der Waals surface area contributed by atoms with E-state index in [4.69, 9.17) is 0 Å². The number of carbonyl (C=O) groups is 1. The summed E-state index contributed by atoms with van der Waals surface area (Å²) < 4.78 is 0. The van der Waals surface area contributed by atoms with Crippen LogP contribution in [0, 0.1) is 13.8 Å². The molecule has 156 valence electrons. The number of rotatable bonds is 5. The molecule has 0 bridgehead atoms. The average molecular weight is 422 g/mol. The van der Waals surface area contributed by atoms with Crippen LogP contribution in [0.1, 0.15) is 58.0 Å². The molecule has 1 aliphatic carbocycles. The Morgan fingerprint density at radius 3 is 2.80 bits per heavy atom. The molecule has 1 aromatic carbocycles. The average Bonchev–Trinajstić information content (AvgIpc) is 3.12. The SMILES string of the molecule is CCc1nc(C)c(CN(C(=O)C2CCCc3c(O)cccc32)c2ccc(C)cn2)s1. The summed E-state index contributed by atoms with van der Waals surface area (Å²) in [7, 11) is 0. The quantitative estimate of drug-likeness (QED) is 0.624. The molecule has 0 radical (unpaired) electrons. The number of anilines is 1. The van der Waals surface area contributed by atoms with Crippen LogP contribution in [0.2, 0.25) is 0 Å². The van der Waals surface area contributed by atoms with Gasteiger partial charge in [-0.3, -0.25) is 9.69 Å². The van der Waals surface area contributed by atoms with Crippen molar-refractivity contribution < 1.29 is 9.90 Å². The highest BCUT2D eigenvalue weighted by Gasteiger charge is 2.33. The number of hydrogen-bond donors (Lipinski definition) is 1. The second kappa shape index (κ2) is 8.56. The first-order valence-corrected chi connectivity index (χ1v) is 11.3. The molecule has 1 unspecified atom stereocenters. The number of aryl methyl sites for hydroxylation is 3. The van der Waals surface area contributed by atoms with Gasteiger partial charge in [-0.2, -0.15) is 0 Å². The van der Waals surface area contributed by atoms with Gasteiger partial charge in [-0.25, -0.2) is 9.97 Å². The number of fused-ring (bicyclic) bond motifs is 1. The van der Waals surface area contributed by atoms with Gasteiger partial charge in [-0.15, -0.1) is 11.3 Å². The normalized spacial score (nSPS) is 15.6. The summed E-state index contributed by atoms with van der Waals surface area (Å²) in [5.74, 6) is 0.700. The number of amides is 1. The zero-order chi connectivity index (χ0) is 21.3. The van der Waals surface area contributed by atoms with E-state index in [1.807, 2.05) is 38.1 Å². The van der Waals surface area contributed by atoms with Gasteiger partial charge in [0.2, 0.25) is 5.91 Å². The molecule has 4 rings (SSSR count). The molecule has 0 saturated heterocycles. The van der Waals surface area contributed by atoms with Gasteiger partial charge in [-0.05, 0) is 68.4 Å². The van der Waals surface area contributed by atoms with Crippen molar-refractivity contribution in [2.75, 3.05) is 4.90 Å². The molecule has 5 nitrogen and oxygen atoms in total. The molecule has 0 spiro atoms. The second-order valence-corrected chi connectivity index (χ2v) is 9.05. The molecule has 1 amide bonds. The van der Waals surface area contributed by atoms with E-state index in [-0.39, 0.29) is 17.6 Å². The van der Waals surface area contributed by atoms with Gasteiger partial charge < -0.3 is 5.11 Å². The van der Waals surface area contributed by atoms with E-state index < -0.39 is 0 Å². The van der Waals surface area contributed by atoms with E-state index in [1.54, 1.807) is 28.5 Å². The minimum Gasteiger partial charge on any atom is -0.508 e. The second-order valence-electron chi connectivity index (χ2n) is 7.88. The Labute approximate surface area is 181 Å². The third kappa shape index (κ3) is 3.97. The van der Waals surface area contributed by atoms with Crippen LogP contribution in [0.4, 0.5) is 5.82 Å². The van der Waals surface area contributed by atoms with Gasteiger partial charge in [0.25, 0.3) is 0 Å². The molecule has 0 aliphatic heterocycles. The summed E-state index contributed by atoms with van der Waals surface area (Å²) in [6.07, 6.45) is 5.16. The maximum absolute atomic E-state index is 13.8. The molecule has 0 saturated carbocycles. The number of aromatic nitrogens is 2. The zero-order valence-corrected chi connectivity index (χ0v) is 18.5. The van der Waals surface area contributed by atoms with Crippen LogP contribution in [0.15, 0.2) is 36.5 Å². The van der Waals surface area contributed by atoms with Crippen molar-refractivity contribution in [2.24, 2.45) is 0 Å². The van der Waals surface area contributed by atoms with Crippen molar-refractivity contribution in [3.8, 4) is 5.75 Å². The van der Waals surface area contributed by atoms with E-state index in [0.717, 1.165) is 58.0 Å². The number of nitrogens with zero attached hydrogens (tertiary/aromatic N) is 3. The minimum absolute atomic E-state index is 0.0313. The van der Waals surface area contributed by atoms with Gasteiger partial charge in [0.15, 0.2) is 0 Å². The number of carbonyl (C=O) groups excluding carboxylic acids is 1. The van der Waals surface area contributed by atoms with Crippen molar-refractivity contribution in [3.63, 3.8) is 0 Å². The number of thiazole rings is 1. The summed E-state index contributed by atoms with van der Waals surface area (Å²) in [6, 6.07) is 9.41. The Hall–Kier alpha value is -2.73. The molecule has 2 heterocycles. The van der Waals surface area contributed by atoms with Crippen LogP contribution in [-0.2, 0) is 24.2 Å². The third-order valence-electron chi connectivity index (χ3n) is 5.76. The third-order valence-corrected chi connectivity index (χ3v) is 7.05. The topological polar surface area (TPSA) is 66.3 Å². The molecule has 1 atom stereocenters. The molecular formula is C24H27N3O2S. The predicted molar refractivity (Wildman–Crippen MR) is 120 cm³/mol. The molecule has 2 aromatic heterocycles. The predicted octanol–water partition coefficient (Wildman–Crippen LogP) is 5.08. The first-order valence-electron chi connectivity index (χ1n) is 10.5. The van der Waals surface area contributed by atoms with Crippen LogP contribution in [0.25, 0.3) is 0 Å². The number of phenolic OH excluding ortho intramolecular Hbond substituents is 1. The van der Waals surface area contributed by atoms with E-state index in [0.29, 0.717) is 12.4 Å². The van der Waals surface area contributed by atoms with Gasteiger partial charge in [0, 0.05) is 11.1 Å². The fraction of sp³-hybridized carbons (Fsp3) is 0.375. The van der Waals surface area contributed by atoms with Crippen molar-refractivity contribution in [1.29, 1.82) is 0 Å². The van der Waals surface area contributed by atoms with Gasteiger partial charge >= 0.3 is 0 Å². The fourth-order valence-electron chi connectivity index (χ4n) is 4.10. The lowest BCUT2D eigenvalue weighted by Crippen LogP contribution is -2.36. The monoisotopic (exact) mass is 421 g/mol. The van der Waals surface area contributed by atoms with Crippen LogP contribution in [0.5, 0.6) is 5.75 Å². The van der Waals surface area contributed by atoms with Crippen LogP contribution >= 0.6 is 11.3 Å². The lowest BCUT2D eigenvalue weighted by molar-refractivity contribution is -0.120. The Balaban J connectivity index is 1.73. The largest absolute Gasteiger partial charge is 0.508 e. The molecule has 3 aromatic rings. The number of hydrogen-bond acceptors (Lipinski definition) is 5. The molecule has 30 heavy (non-hydrogen) atoms. The first-order chi connectivity index (χ1) is 14.5. The van der Waals surface area contributed by atoms with Gasteiger partial charge in [0.05, 0.1) is 23.2 Å². The summed E-state index contributed by atoms with van der Waals surface area (Å²) >= 11 is 1.66. The highest BCUT2D eigenvalue weighted by Crippen LogP contribution is 2.38. The molecule has 6 heteroatoms. The van der Waals surface area contributed by atoms with Crippen LogP contribution < -0.4 is 4.90 Å². The highest BCUT2D eigenvalue weighted by atomic mass is 32.1. The van der Waals surface area contributed by atoms with Gasteiger partial charge in [0.1, 0.15) is 11.6 Å². The molecule has 1 N–H and O–H groups in total. The van der Waals surface area contributed by atoms with E-state index >= 15 is 0 Å². The number of phenols is 1. The number of aromatic hydroxyl groups is 1. The maximum atomic E-state index is 13.8. The first kappa shape index (κ1) is 20.5. The van der Waals surface area contributed by atoms with Crippen LogP contribution in [-0.4, -0.2) is 21.0 Å². The molecule has 1 aliphatic rings. The number of benzene rings is 1. The summed E-state index contributed by atoms with van der Waals surface area (Å²) in [5.41, 5.74) is 3.88. The van der Waals surface area contributed by atoms with E-state index in [2.05, 4.69) is 16.9 Å². The summed E-state index contributed by atoms with van der Waals surface area (Å²) in [4.78, 5) is 25.9. The molecular weight excluding hydrogens is 394 g/mol. The fourth-order valence-corrected chi connectivity index (χ4v) is 5.09. The highest BCUT2D eigenvalue weighted by molar-refractivity contribution is 7.11. The minimum atomic E-state index is -0.275. The van der Waals surface area contributed by atoms with E-state index in [1.165, 1.54) is 0 Å². The van der Waals surface area contributed by atoms with Crippen molar-refractivity contribution in [1.82, 2.24) is 9.97 Å². The van der Waals surface area contributed by atoms with Crippen molar-refractivity contribution >= 4 is 23.1 Å². The molecule has 0 fully saturated rings. The van der Waals surface area contributed by atoms with Crippen LogP contribution in [0.3, 0.4) is 0 Å². The Bertz CT molecular complexity index is 1060. The summed E-state index contributed by atoms with van der Waals surface area (Å²) in [5, 5.41) is 11.4. The van der Waals surface area contributed by atoms with Crippen molar-refractivity contribution in [3.05, 3.63) is 68.8 Å². The Morgan fingerprint density at radius 1 is 1.27 bits per heavy atom. The summed E-state index contributed by atoms with van der Waals surface area (Å²) in [6.45, 7) is 6.55. The Kier molecular flexibility index (Phi) is 5.86. The Morgan fingerprint density at radius 2 is 2.10 bits per heavy atom. The maximum Gasteiger partial charge on any atom is 0.236 e. The van der Waals surface area contributed by atoms with Crippen molar-refractivity contribution in [2.45, 2.75) is 58.9 Å². The number of pyridine rings is 1. The smallest absolute Gasteiger partial charge is 0.236 e. The van der Waals surface area contributed by atoms with Gasteiger partial charge in [-0.1, -0.05) is 25.1 Å². The van der Waals surface area contributed by atoms with E-state index in [9.17, 15) is 9.90 Å². The lowest BCUT2D eigenvalue weighted by Gasteiger charge is -2.30. The lowest BCUT2D eigenvalue weighted by atomic mass is 9.81.